The Morgan fingerprint density at radius 3 is 2.76 bits per heavy atom. The van der Waals surface area contributed by atoms with E-state index < -0.39 is 15.9 Å². The maximum absolute atomic E-state index is 12.3. The van der Waals surface area contributed by atoms with E-state index >= 15 is 0 Å². The summed E-state index contributed by atoms with van der Waals surface area (Å²) >= 11 is 5.95. The van der Waals surface area contributed by atoms with Crippen LogP contribution < -0.4 is 14.8 Å². The molecule has 0 aliphatic heterocycles. The summed E-state index contributed by atoms with van der Waals surface area (Å²) in [5, 5.41) is 15.3. The van der Waals surface area contributed by atoms with Gasteiger partial charge in [-0.05, 0) is 41.5 Å². The molecule has 0 saturated carbocycles. The van der Waals surface area contributed by atoms with Gasteiger partial charge in [-0.1, -0.05) is 41.0 Å². The first-order valence-corrected chi connectivity index (χ1v) is 10.3. The van der Waals surface area contributed by atoms with Crippen molar-refractivity contribution in [1.82, 2.24) is 25.3 Å². The second-order valence-electron chi connectivity index (χ2n) is 5.80. The monoisotopic (exact) mass is 436 g/mol. The molecule has 0 aliphatic rings. The number of carbonyl (C=O) groups is 1. The molecule has 1 amide bonds. The number of carbonyl (C=O) groups excluding carboxylic acids is 1. The third kappa shape index (κ3) is 5.98. The zero-order valence-corrected chi connectivity index (χ0v) is 16.6. The smallest absolute Gasteiger partial charge is 0.269 e. The van der Waals surface area contributed by atoms with Gasteiger partial charge in [0, 0.05) is 6.54 Å². The van der Waals surface area contributed by atoms with Crippen LogP contribution in [0.3, 0.4) is 0 Å². The van der Waals surface area contributed by atoms with Crippen molar-refractivity contribution < 1.29 is 17.9 Å². The highest BCUT2D eigenvalue weighted by molar-refractivity contribution is 7.89. The summed E-state index contributed by atoms with van der Waals surface area (Å²) in [7, 11) is -3.70. The Morgan fingerprint density at radius 2 is 2.00 bits per heavy atom. The van der Waals surface area contributed by atoms with Crippen molar-refractivity contribution in [3.8, 4) is 5.75 Å². The first kappa shape index (κ1) is 20.7. The Kier molecular flexibility index (Phi) is 6.75. The van der Waals surface area contributed by atoms with E-state index in [1.807, 2.05) is 6.07 Å². The zero-order chi connectivity index (χ0) is 20.7. The van der Waals surface area contributed by atoms with Crippen molar-refractivity contribution in [2.45, 2.75) is 11.3 Å². The predicted octanol–water partition coefficient (Wildman–Crippen LogP) is 1.39. The highest BCUT2D eigenvalue weighted by Gasteiger charge is 2.16. The number of benzene rings is 2. The Balaban J connectivity index is 1.51. The molecule has 3 rings (SSSR count). The van der Waals surface area contributed by atoms with Gasteiger partial charge in [-0.15, -0.1) is 5.10 Å². The Bertz CT molecular complexity index is 1080. The lowest BCUT2D eigenvalue weighted by atomic mass is 10.1. The third-order valence-corrected chi connectivity index (χ3v) is 5.66. The Labute approximate surface area is 171 Å². The third-order valence-electron chi connectivity index (χ3n) is 3.70. The minimum absolute atomic E-state index is 0.0337. The second kappa shape index (κ2) is 9.45. The quantitative estimate of drug-likeness (QED) is 0.460. The van der Waals surface area contributed by atoms with Crippen LogP contribution in [-0.4, -0.2) is 48.1 Å². The molecule has 0 aliphatic carbocycles. The maximum Gasteiger partial charge on any atom is 0.269 e. The van der Waals surface area contributed by atoms with E-state index in [4.69, 9.17) is 16.3 Å². The molecule has 29 heavy (non-hydrogen) atoms. The van der Waals surface area contributed by atoms with Crippen LogP contribution >= 0.6 is 11.6 Å². The van der Waals surface area contributed by atoms with Crippen LogP contribution in [0.2, 0.25) is 5.02 Å². The Hall–Kier alpha value is -3.02. The van der Waals surface area contributed by atoms with Crippen molar-refractivity contribution >= 4 is 33.5 Å². The van der Waals surface area contributed by atoms with Gasteiger partial charge < -0.3 is 4.74 Å². The lowest BCUT2D eigenvalue weighted by molar-refractivity contribution is -0.118. The number of amides is 1. The fourth-order valence-electron chi connectivity index (χ4n) is 2.39. The average molecular weight is 437 g/mol. The molecule has 12 heteroatoms. The molecule has 3 aromatic rings. The topological polar surface area (TPSA) is 139 Å². The van der Waals surface area contributed by atoms with Crippen molar-refractivity contribution in [1.29, 1.82) is 0 Å². The largest absolute Gasteiger partial charge is 0.484 e. The van der Waals surface area contributed by atoms with Crippen LogP contribution in [0.4, 0.5) is 5.95 Å². The number of nitrogens with one attached hydrogen (secondary N) is 3. The Morgan fingerprint density at radius 1 is 1.17 bits per heavy atom. The van der Waals surface area contributed by atoms with Crippen molar-refractivity contribution in [3.05, 3.63) is 59.1 Å². The number of aromatic amines is 1. The summed E-state index contributed by atoms with van der Waals surface area (Å²) in [5.74, 6) is 0.0854. The van der Waals surface area contributed by atoms with Gasteiger partial charge in [-0.25, -0.2) is 13.1 Å². The number of hydrogen-bond acceptors (Lipinski definition) is 7. The summed E-state index contributed by atoms with van der Waals surface area (Å²) in [5.41, 5.74) is 0.836. The number of anilines is 1. The standard InChI is InChI=1S/C17H17ClN6O4S/c18-14-6-1-2-7-15(14)29(26,27)19-9-8-12-4-3-5-13(10-12)28-11-16(25)20-17-21-23-24-22-17/h1-7,10,19H,8-9,11H2,(H2,20,21,22,23,24,25). The van der Waals surface area contributed by atoms with Crippen LogP contribution in [0, 0.1) is 0 Å². The van der Waals surface area contributed by atoms with Crippen LogP contribution in [0.15, 0.2) is 53.4 Å². The van der Waals surface area contributed by atoms with E-state index in [9.17, 15) is 13.2 Å². The fourth-order valence-corrected chi connectivity index (χ4v) is 3.93. The highest BCUT2D eigenvalue weighted by atomic mass is 35.5. The fraction of sp³-hybridized carbons (Fsp3) is 0.176. The molecule has 0 saturated heterocycles. The maximum atomic E-state index is 12.3. The number of hydrogen-bond donors (Lipinski definition) is 3. The molecule has 0 fully saturated rings. The van der Waals surface area contributed by atoms with Gasteiger partial charge in [0.2, 0.25) is 10.0 Å². The number of rotatable bonds is 9. The highest BCUT2D eigenvalue weighted by Crippen LogP contribution is 2.20. The molecule has 0 atom stereocenters. The van der Waals surface area contributed by atoms with E-state index in [0.29, 0.717) is 12.2 Å². The van der Waals surface area contributed by atoms with Gasteiger partial charge in [-0.3, -0.25) is 10.1 Å². The minimum atomic E-state index is -3.70. The number of tetrazole rings is 1. The molecule has 0 radical (unpaired) electrons. The van der Waals surface area contributed by atoms with E-state index in [-0.39, 0.29) is 29.0 Å². The van der Waals surface area contributed by atoms with Gasteiger partial charge in [0.05, 0.1) is 5.02 Å². The number of ether oxygens (including phenoxy) is 1. The molecule has 0 spiro atoms. The first-order valence-electron chi connectivity index (χ1n) is 8.43. The number of aromatic nitrogens is 4. The summed E-state index contributed by atoms with van der Waals surface area (Å²) in [4.78, 5) is 11.8. The number of H-pyrrole nitrogens is 1. The molecular weight excluding hydrogens is 420 g/mol. The SMILES string of the molecule is O=C(COc1cccc(CCNS(=O)(=O)c2ccccc2Cl)c1)Nc1nn[nH]n1. The predicted molar refractivity (Wildman–Crippen MR) is 105 cm³/mol. The molecular formula is C17H17ClN6O4S. The van der Waals surface area contributed by atoms with Crippen LogP contribution in [0.5, 0.6) is 5.75 Å². The minimum Gasteiger partial charge on any atom is -0.484 e. The summed E-state index contributed by atoms with van der Waals surface area (Å²) in [6.07, 6.45) is 0.427. The molecule has 1 heterocycles. The van der Waals surface area contributed by atoms with Crippen molar-refractivity contribution in [3.63, 3.8) is 0 Å². The molecule has 2 aromatic carbocycles. The summed E-state index contributed by atoms with van der Waals surface area (Å²) < 4.78 is 32.6. The number of nitrogens with zero attached hydrogens (tertiary/aromatic N) is 3. The molecule has 0 unspecified atom stereocenters. The molecule has 3 N–H and O–H groups in total. The zero-order valence-electron chi connectivity index (χ0n) is 15.0. The molecule has 1 aromatic heterocycles. The molecule has 152 valence electrons. The lowest BCUT2D eigenvalue weighted by Gasteiger charge is -2.10. The van der Waals surface area contributed by atoms with E-state index in [1.54, 1.807) is 30.3 Å². The first-order chi connectivity index (χ1) is 13.9. The molecule has 10 nitrogen and oxygen atoms in total. The van der Waals surface area contributed by atoms with Gasteiger partial charge >= 0.3 is 0 Å². The normalized spacial score (nSPS) is 11.2. The lowest BCUT2D eigenvalue weighted by Crippen LogP contribution is -2.26. The number of halogens is 1. The van der Waals surface area contributed by atoms with E-state index in [0.717, 1.165) is 5.56 Å². The summed E-state index contributed by atoms with van der Waals surface area (Å²) in [6, 6.07) is 13.2. The summed E-state index contributed by atoms with van der Waals surface area (Å²) in [6.45, 7) is -0.0630. The van der Waals surface area contributed by atoms with E-state index in [1.165, 1.54) is 12.1 Å². The van der Waals surface area contributed by atoms with Crippen LogP contribution in [-0.2, 0) is 21.2 Å². The van der Waals surface area contributed by atoms with Gasteiger partial charge in [-0.2, -0.15) is 5.21 Å². The van der Waals surface area contributed by atoms with Gasteiger partial charge in [0.1, 0.15) is 10.6 Å². The van der Waals surface area contributed by atoms with Crippen molar-refractivity contribution in [2.75, 3.05) is 18.5 Å². The van der Waals surface area contributed by atoms with Crippen molar-refractivity contribution in [2.24, 2.45) is 0 Å². The van der Waals surface area contributed by atoms with E-state index in [2.05, 4.69) is 30.7 Å². The van der Waals surface area contributed by atoms with Crippen LogP contribution in [0.1, 0.15) is 5.56 Å². The van der Waals surface area contributed by atoms with Gasteiger partial charge in [0.25, 0.3) is 11.9 Å². The number of sulfonamides is 1. The second-order valence-corrected chi connectivity index (χ2v) is 7.94. The average Bonchev–Trinajstić information content (AvgIpc) is 3.20. The van der Waals surface area contributed by atoms with Crippen LogP contribution in [0.25, 0.3) is 0 Å². The molecule has 0 bridgehead atoms. The van der Waals surface area contributed by atoms with Gasteiger partial charge in [0.15, 0.2) is 6.61 Å².